The van der Waals surface area contributed by atoms with E-state index in [-0.39, 0.29) is 5.84 Å². The lowest BCUT2D eigenvalue weighted by molar-refractivity contribution is 0.509. The minimum absolute atomic E-state index is 0.0222. The van der Waals surface area contributed by atoms with Crippen LogP contribution in [-0.4, -0.2) is 17.1 Å². The van der Waals surface area contributed by atoms with Crippen LogP contribution >= 0.6 is 34.4 Å². The highest BCUT2D eigenvalue weighted by Crippen LogP contribution is 2.40. The van der Waals surface area contributed by atoms with Crippen molar-refractivity contribution in [1.82, 2.24) is 4.98 Å². The molecule has 0 atom stereocenters. The summed E-state index contributed by atoms with van der Waals surface area (Å²) in [6.07, 6.45) is 1.95. The summed E-state index contributed by atoms with van der Waals surface area (Å²) in [4.78, 5) is 5.20. The van der Waals surface area contributed by atoms with Gasteiger partial charge in [0.1, 0.15) is 10.8 Å². The third kappa shape index (κ3) is 3.15. The lowest BCUT2D eigenvalue weighted by Crippen LogP contribution is -2.08. The van der Waals surface area contributed by atoms with Crippen molar-refractivity contribution in [2.45, 2.75) is 4.21 Å². The summed E-state index contributed by atoms with van der Waals surface area (Å²) in [5, 5.41) is 10.1. The summed E-state index contributed by atoms with van der Waals surface area (Å²) in [7, 11) is 0. The molecule has 3 rings (SSSR count). The molecule has 1 aromatic carbocycles. The Morgan fingerprint density at radius 1 is 1.26 bits per heavy atom. The van der Waals surface area contributed by atoms with Crippen molar-refractivity contribution in [3.8, 4) is 21.8 Å². The monoisotopic (exact) mass is 367 g/mol. The van der Waals surface area contributed by atoms with Gasteiger partial charge < -0.3 is 5.73 Å². The van der Waals surface area contributed by atoms with Crippen LogP contribution in [0.25, 0.3) is 21.8 Å². The lowest BCUT2D eigenvalue weighted by atomic mass is 10.1. The Morgan fingerprint density at radius 3 is 2.70 bits per heavy atom. The van der Waals surface area contributed by atoms with Crippen LogP contribution < -0.4 is 5.73 Å². The van der Waals surface area contributed by atoms with E-state index in [1.165, 1.54) is 28.7 Å². The van der Waals surface area contributed by atoms with Gasteiger partial charge in [-0.1, -0.05) is 0 Å². The molecular formula is C15H11F2N3S3. The molecule has 0 saturated heterocycles. The first-order valence-corrected chi connectivity index (χ1v) is 9.35. The van der Waals surface area contributed by atoms with Gasteiger partial charge in [-0.15, -0.1) is 34.4 Å². The van der Waals surface area contributed by atoms with Crippen molar-refractivity contribution in [3.05, 3.63) is 46.2 Å². The summed E-state index contributed by atoms with van der Waals surface area (Å²) >= 11 is 4.42. The zero-order valence-electron chi connectivity index (χ0n) is 11.9. The van der Waals surface area contributed by atoms with Gasteiger partial charge in [-0.05, 0) is 30.5 Å². The molecule has 0 aliphatic heterocycles. The van der Waals surface area contributed by atoms with Gasteiger partial charge in [0.15, 0.2) is 11.6 Å². The zero-order valence-corrected chi connectivity index (χ0v) is 14.3. The molecule has 2 aromatic heterocycles. The molecule has 0 saturated carbocycles. The molecule has 3 N–H and O–H groups in total. The summed E-state index contributed by atoms with van der Waals surface area (Å²) < 4.78 is 27.4. The maximum Gasteiger partial charge on any atom is 0.159 e. The van der Waals surface area contributed by atoms with Crippen molar-refractivity contribution in [2.24, 2.45) is 5.73 Å². The summed E-state index contributed by atoms with van der Waals surface area (Å²) in [5.74, 6) is -1.75. The number of thiophene rings is 1. The minimum Gasteiger partial charge on any atom is -0.383 e. The van der Waals surface area contributed by atoms with Crippen molar-refractivity contribution < 1.29 is 8.78 Å². The number of amidine groups is 1. The average molecular weight is 367 g/mol. The molecule has 2 heterocycles. The highest BCUT2D eigenvalue weighted by molar-refractivity contribution is 8.00. The van der Waals surface area contributed by atoms with Gasteiger partial charge in [0.05, 0.1) is 14.8 Å². The fraction of sp³-hybridized carbons (Fsp3) is 0.0667. The molecule has 0 unspecified atom stereocenters. The summed E-state index contributed by atoms with van der Waals surface area (Å²) in [6, 6.07) is 5.57. The molecule has 0 aliphatic rings. The maximum atomic E-state index is 13.4. The first-order valence-electron chi connectivity index (χ1n) is 6.43. The van der Waals surface area contributed by atoms with Crippen LogP contribution in [0.15, 0.2) is 33.9 Å². The zero-order chi connectivity index (χ0) is 16.6. The Balaban J connectivity index is 2.01. The second kappa shape index (κ2) is 6.38. The maximum absolute atomic E-state index is 13.4. The van der Waals surface area contributed by atoms with E-state index in [1.807, 2.05) is 12.3 Å². The normalized spacial score (nSPS) is 10.9. The number of halogens is 2. The number of nitrogens with one attached hydrogen (secondary N) is 1. The molecule has 0 spiro atoms. The predicted molar refractivity (Wildman–Crippen MR) is 93.6 cm³/mol. The summed E-state index contributed by atoms with van der Waals surface area (Å²) in [5.41, 5.74) is 7.57. The molecule has 0 amide bonds. The highest BCUT2D eigenvalue weighted by atomic mass is 32.2. The Bertz CT molecular complexity index is 886. The van der Waals surface area contributed by atoms with Gasteiger partial charge >= 0.3 is 0 Å². The van der Waals surface area contributed by atoms with Crippen molar-refractivity contribution in [1.29, 1.82) is 5.41 Å². The van der Waals surface area contributed by atoms with E-state index in [9.17, 15) is 8.78 Å². The minimum atomic E-state index is -0.892. The van der Waals surface area contributed by atoms with E-state index in [1.54, 1.807) is 17.1 Å². The number of thioether (sulfide) groups is 1. The van der Waals surface area contributed by atoms with E-state index in [4.69, 9.17) is 11.1 Å². The van der Waals surface area contributed by atoms with Gasteiger partial charge in [-0.2, -0.15) is 0 Å². The Labute approximate surface area is 143 Å². The second-order valence-electron chi connectivity index (χ2n) is 4.60. The number of nitrogens with two attached hydrogens (primary N) is 1. The van der Waals surface area contributed by atoms with Crippen LogP contribution in [0, 0.1) is 17.0 Å². The number of hydrogen-bond donors (Lipinski definition) is 2. The SMILES string of the molecule is CSc1sc(C(=N)N)cc1-c1nc(-c2ccc(F)c(F)c2)cs1. The lowest BCUT2D eigenvalue weighted by Gasteiger charge is -1.98. The van der Waals surface area contributed by atoms with Gasteiger partial charge in [0.2, 0.25) is 0 Å². The number of nitrogen functional groups attached to an aromatic ring is 1. The average Bonchev–Trinajstić information content (AvgIpc) is 3.15. The van der Waals surface area contributed by atoms with E-state index in [2.05, 4.69) is 4.98 Å². The third-order valence-corrected chi connectivity index (χ3v) is 6.28. The first-order chi connectivity index (χ1) is 11.0. The van der Waals surface area contributed by atoms with Gasteiger partial charge in [0, 0.05) is 16.5 Å². The van der Waals surface area contributed by atoms with E-state index in [0.717, 1.165) is 26.9 Å². The fourth-order valence-electron chi connectivity index (χ4n) is 1.99. The fourth-order valence-corrected chi connectivity index (χ4v) is 4.70. The Morgan fingerprint density at radius 2 is 2.04 bits per heavy atom. The Kier molecular flexibility index (Phi) is 4.47. The number of rotatable bonds is 4. The number of nitrogens with zero attached hydrogens (tertiary/aromatic N) is 1. The van der Waals surface area contributed by atoms with Crippen molar-refractivity contribution in [2.75, 3.05) is 6.26 Å². The number of hydrogen-bond acceptors (Lipinski definition) is 5. The Hall–Kier alpha value is -1.77. The van der Waals surface area contributed by atoms with Crippen LogP contribution in [0.2, 0.25) is 0 Å². The van der Waals surface area contributed by atoms with Crippen LogP contribution in [0.3, 0.4) is 0 Å². The predicted octanol–water partition coefficient (Wildman–Crippen LogP) is 4.82. The molecule has 3 nitrogen and oxygen atoms in total. The largest absolute Gasteiger partial charge is 0.383 e. The van der Waals surface area contributed by atoms with E-state index < -0.39 is 11.6 Å². The molecule has 8 heteroatoms. The van der Waals surface area contributed by atoms with Crippen LogP contribution in [0.1, 0.15) is 4.88 Å². The molecule has 0 radical (unpaired) electrons. The van der Waals surface area contributed by atoms with Gasteiger partial charge in [-0.3, -0.25) is 5.41 Å². The van der Waals surface area contributed by atoms with E-state index >= 15 is 0 Å². The number of aromatic nitrogens is 1. The van der Waals surface area contributed by atoms with Gasteiger partial charge in [-0.25, -0.2) is 13.8 Å². The first kappa shape index (κ1) is 16.1. The van der Waals surface area contributed by atoms with E-state index in [0.29, 0.717) is 16.1 Å². The second-order valence-corrected chi connectivity index (χ2v) is 7.58. The summed E-state index contributed by atoms with van der Waals surface area (Å²) in [6.45, 7) is 0. The van der Waals surface area contributed by atoms with Gasteiger partial charge in [0.25, 0.3) is 0 Å². The molecule has 0 aliphatic carbocycles. The van der Waals surface area contributed by atoms with Crippen molar-refractivity contribution in [3.63, 3.8) is 0 Å². The molecule has 0 bridgehead atoms. The van der Waals surface area contributed by atoms with Crippen LogP contribution in [0.5, 0.6) is 0 Å². The number of thiazole rings is 1. The molecular weight excluding hydrogens is 356 g/mol. The third-order valence-electron chi connectivity index (χ3n) is 3.10. The molecule has 118 valence electrons. The van der Waals surface area contributed by atoms with Crippen LogP contribution in [0.4, 0.5) is 8.78 Å². The standard InChI is InChI=1S/C15H11F2N3S3/c1-21-15-8(5-12(23-15)13(18)19)14-20-11(6-22-14)7-2-3-9(16)10(17)4-7/h2-6H,1H3,(H3,18,19). The molecule has 3 aromatic rings. The van der Waals surface area contributed by atoms with Crippen LogP contribution in [-0.2, 0) is 0 Å². The number of benzene rings is 1. The topological polar surface area (TPSA) is 62.8 Å². The highest BCUT2D eigenvalue weighted by Gasteiger charge is 2.16. The molecule has 23 heavy (non-hydrogen) atoms. The van der Waals surface area contributed by atoms with Crippen molar-refractivity contribution >= 4 is 40.3 Å². The quantitative estimate of drug-likeness (QED) is 0.395. The molecule has 0 fully saturated rings. The smallest absolute Gasteiger partial charge is 0.159 e.